The fourth-order valence-electron chi connectivity index (χ4n) is 6.73. The summed E-state index contributed by atoms with van der Waals surface area (Å²) in [4.78, 5) is 24.4. The highest BCUT2D eigenvalue weighted by molar-refractivity contribution is 5.92. The number of ketones is 2. The predicted octanol–water partition coefficient (Wildman–Crippen LogP) is 3.31. The Labute approximate surface area is 138 Å². The fraction of sp³-hybridized carbons (Fsp3) is 0.800. The molecule has 1 unspecified atom stereocenters. The highest BCUT2D eigenvalue weighted by atomic mass is 16.3. The monoisotopic (exact) mass is 316 g/mol. The molecule has 0 bridgehead atoms. The van der Waals surface area contributed by atoms with E-state index in [0.29, 0.717) is 30.0 Å². The molecule has 0 aromatic heterocycles. The lowest BCUT2D eigenvalue weighted by Crippen LogP contribution is -2.53. The van der Waals surface area contributed by atoms with Crippen LogP contribution in [-0.4, -0.2) is 23.3 Å². The molecule has 0 aliphatic heterocycles. The van der Waals surface area contributed by atoms with Crippen LogP contribution in [0.5, 0.6) is 0 Å². The van der Waals surface area contributed by atoms with Gasteiger partial charge in [-0.2, -0.15) is 0 Å². The quantitative estimate of drug-likeness (QED) is 0.807. The summed E-state index contributed by atoms with van der Waals surface area (Å²) >= 11 is 0. The number of aliphatic hydroxyl groups excluding tert-OH is 1. The predicted molar refractivity (Wildman–Crippen MR) is 87.7 cm³/mol. The molecule has 0 radical (unpaired) electrons. The van der Waals surface area contributed by atoms with Crippen molar-refractivity contribution in [1.82, 2.24) is 0 Å². The fourth-order valence-corrected chi connectivity index (χ4v) is 6.73. The van der Waals surface area contributed by atoms with E-state index >= 15 is 0 Å². The number of fused-ring (bicyclic) bond motifs is 5. The van der Waals surface area contributed by atoms with Gasteiger partial charge in [-0.05, 0) is 61.3 Å². The largest absolute Gasteiger partial charge is 0.396 e. The summed E-state index contributed by atoms with van der Waals surface area (Å²) in [5.41, 5.74) is 1.14. The van der Waals surface area contributed by atoms with Crippen molar-refractivity contribution < 1.29 is 14.7 Å². The van der Waals surface area contributed by atoms with E-state index in [1.165, 1.54) is 5.57 Å². The van der Waals surface area contributed by atoms with Crippen LogP contribution < -0.4 is 0 Å². The second kappa shape index (κ2) is 5.02. The second-order valence-corrected chi connectivity index (χ2v) is 8.89. The van der Waals surface area contributed by atoms with Gasteiger partial charge in [0.05, 0.1) is 0 Å². The molecule has 0 amide bonds. The number of Topliss-reactive ketones (excluding diaryl/α,β-unsaturated/α-hetero) is 1. The van der Waals surface area contributed by atoms with E-state index in [1.54, 1.807) is 0 Å². The number of hydrogen-bond acceptors (Lipinski definition) is 3. The van der Waals surface area contributed by atoms with Crippen molar-refractivity contribution in [2.24, 2.45) is 34.5 Å². The van der Waals surface area contributed by atoms with E-state index in [-0.39, 0.29) is 29.1 Å². The molecule has 3 saturated carbocycles. The first-order chi connectivity index (χ1) is 10.9. The lowest BCUT2D eigenvalue weighted by atomic mass is 9.45. The van der Waals surface area contributed by atoms with E-state index in [2.05, 4.69) is 13.8 Å². The van der Waals surface area contributed by atoms with Crippen molar-refractivity contribution in [3.05, 3.63) is 11.6 Å². The van der Waals surface area contributed by atoms with Gasteiger partial charge in [-0.25, -0.2) is 0 Å². The van der Waals surface area contributed by atoms with Crippen molar-refractivity contribution >= 4 is 11.6 Å². The Morgan fingerprint density at radius 3 is 2.57 bits per heavy atom. The second-order valence-electron chi connectivity index (χ2n) is 8.89. The smallest absolute Gasteiger partial charge is 0.155 e. The maximum absolute atomic E-state index is 12.5. The standard InChI is InChI=1S/C20H28O3/c1-19-7-5-13(22)10-17(19)12(11-21)9-14-15-3-4-18(23)20(15,2)8-6-16(14)19/h10,12,14-16,21H,3-9,11H2,1-2H3/t12?,14-,15-,16+,19+,20-/m0/s1. The first-order valence-corrected chi connectivity index (χ1v) is 9.29. The summed E-state index contributed by atoms with van der Waals surface area (Å²) in [6, 6.07) is 0. The van der Waals surface area contributed by atoms with Crippen LogP contribution in [0.2, 0.25) is 0 Å². The van der Waals surface area contributed by atoms with E-state index < -0.39 is 0 Å². The van der Waals surface area contributed by atoms with Crippen molar-refractivity contribution in [2.45, 2.75) is 58.8 Å². The molecule has 0 heterocycles. The van der Waals surface area contributed by atoms with Crippen molar-refractivity contribution in [2.75, 3.05) is 6.61 Å². The molecule has 4 aliphatic carbocycles. The summed E-state index contributed by atoms with van der Waals surface area (Å²) in [5.74, 6) is 2.40. The lowest BCUT2D eigenvalue weighted by molar-refractivity contribution is -0.133. The maximum Gasteiger partial charge on any atom is 0.155 e. The number of carbonyl (C=O) groups is 2. The van der Waals surface area contributed by atoms with Crippen molar-refractivity contribution in [3.8, 4) is 0 Å². The Morgan fingerprint density at radius 2 is 1.83 bits per heavy atom. The van der Waals surface area contributed by atoms with Gasteiger partial charge in [0.15, 0.2) is 5.78 Å². The zero-order valence-electron chi connectivity index (χ0n) is 14.3. The summed E-state index contributed by atoms with van der Waals surface area (Å²) in [7, 11) is 0. The molecule has 1 N–H and O–H groups in total. The topological polar surface area (TPSA) is 54.4 Å². The molecule has 0 aromatic rings. The lowest BCUT2D eigenvalue weighted by Gasteiger charge is -2.58. The molecule has 6 atom stereocenters. The Kier molecular flexibility index (Phi) is 3.39. The van der Waals surface area contributed by atoms with Gasteiger partial charge in [0, 0.05) is 30.8 Å². The summed E-state index contributed by atoms with van der Waals surface area (Å²) in [5, 5.41) is 9.96. The van der Waals surface area contributed by atoms with Gasteiger partial charge in [-0.3, -0.25) is 9.59 Å². The third-order valence-electron chi connectivity index (χ3n) is 8.05. The average Bonchev–Trinajstić information content (AvgIpc) is 2.83. The van der Waals surface area contributed by atoms with Crippen LogP contribution in [0, 0.1) is 34.5 Å². The Bertz CT molecular complexity index is 592. The first kappa shape index (κ1) is 15.6. The number of carbonyl (C=O) groups excluding carboxylic acids is 2. The molecule has 0 saturated heterocycles. The van der Waals surface area contributed by atoms with Crippen molar-refractivity contribution in [3.63, 3.8) is 0 Å². The molecular formula is C20H28O3. The third-order valence-corrected chi connectivity index (χ3v) is 8.05. The minimum Gasteiger partial charge on any atom is -0.396 e. The van der Waals surface area contributed by atoms with Gasteiger partial charge < -0.3 is 5.11 Å². The molecule has 0 aromatic carbocycles. The van der Waals surface area contributed by atoms with E-state index in [9.17, 15) is 14.7 Å². The molecule has 4 aliphatic rings. The van der Waals surface area contributed by atoms with E-state index in [0.717, 1.165) is 38.5 Å². The molecule has 3 nitrogen and oxygen atoms in total. The van der Waals surface area contributed by atoms with Gasteiger partial charge in [0.2, 0.25) is 0 Å². The van der Waals surface area contributed by atoms with Crippen LogP contribution in [0.15, 0.2) is 11.6 Å². The number of rotatable bonds is 1. The Hall–Kier alpha value is -0.960. The van der Waals surface area contributed by atoms with Crippen LogP contribution in [0.25, 0.3) is 0 Å². The third kappa shape index (κ3) is 1.98. The van der Waals surface area contributed by atoms with Gasteiger partial charge in [0.25, 0.3) is 0 Å². The van der Waals surface area contributed by atoms with Crippen LogP contribution in [-0.2, 0) is 9.59 Å². The minimum absolute atomic E-state index is 0.0528. The molecule has 126 valence electrons. The molecule has 3 heteroatoms. The first-order valence-electron chi connectivity index (χ1n) is 9.29. The highest BCUT2D eigenvalue weighted by Gasteiger charge is 2.60. The molecule has 3 fully saturated rings. The Morgan fingerprint density at radius 1 is 1.09 bits per heavy atom. The minimum atomic E-state index is -0.122. The summed E-state index contributed by atoms with van der Waals surface area (Å²) in [6.45, 7) is 4.65. The van der Waals surface area contributed by atoms with Gasteiger partial charge in [-0.15, -0.1) is 0 Å². The van der Waals surface area contributed by atoms with E-state index in [4.69, 9.17) is 0 Å². The summed E-state index contributed by atoms with van der Waals surface area (Å²) in [6.07, 6.45) is 8.27. The maximum atomic E-state index is 12.5. The van der Waals surface area contributed by atoms with Crippen LogP contribution >= 0.6 is 0 Å². The normalized spacial score (nSPS) is 49.3. The highest BCUT2D eigenvalue weighted by Crippen LogP contribution is 2.65. The van der Waals surface area contributed by atoms with Crippen molar-refractivity contribution in [1.29, 1.82) is 0 Å². The molecule has 23 heavy (non-hydrogen) atoms. The van der Waals surface area contributed by atoms with Gasteiger partial charge >= 0.3 is 0 Å². The average molecular weight is 316 g/mol. The molecule has 4 rings (SSSR count). The zero-order valence-corrected chi connectivity index (χ0v) is 14.3. The zero-order chi connectivity index (χ0) is 16.4. The SMILES string of the molecule is C[C@]12CCC(=O)C=C1C(CO)C[C@@H]1[C@H]2CC[C@]2(C)C(=O)CC[C@@H]12. The van der Waals surface area contributed by atoms with Crippen LogP contribution in [0.1, 0.15) is 58.8 Å². The summed E-state index contributed by atoms with van der Waals surface area (Å²) < 4.78 is 0. The van der Waals surface area contributed by atoms with Gasteiger partial charge in [-0.1, -0.05) is 19.4 Å². The van der Waals surface area contributed by atoms with E-state index in [1.807, 2.05) is 6.08 Å². The Balaban J connectivity index is 1.75. The number of hydrogen-bond donors (Lipinski definition) is 1. The molecule has 0 spiro atoms. The van der Waals surface area contributed by atoms with Gasteiger partial charge in [0.1, 0.15) is 5.78 Å². The number of aliphatic hydroxyl groups is 1. The van der Waals surface area contributed by atoms with Crippen LogP contribution in [0.4, 0.5) is 0 Å². The molecular weight excluding hydrogens is 288 g/mol. The van der Waals surface area contributed by atoms with Crippen LogP contribution in [0.3, 0.4) is 0 Å².